The standard InChI is InChI=1S/C16H22N2S2/c1-5-17-12(3)14-7-6-8-15(9-14)19-10-16-18-11(2)13(4)20-16/h6-9,12,17H,5,10H2,1-4H3. The molecule has 2 nitrogen and oxygen atoms in total. The third-order valence-corrected chi connectivity index (χ3v) is 5.56. The molecular formula is C16H22N2S2. The number of thiazole rings is 1. The van der Waals surface area contributed by atoms with Crippen LogP contribution >= 0.6 is 23.1 Å². The largest absolute Gasteiger partial charge is 0.310 e. The first-order chi connectivity index (χ1) is 9.60. The van der Waals surface area contributed by atoms with Gasteiger partial charge in [0.2, 0.25) is 0 Å². The molecule has 0 saturated heterocycles. The minimum absolute atomic E-state index is 0.407. The van der Waals surface area contributed by atoms with Crippen LogP contribution in [-0.4, -0.2) is 11.5 Å². The quantitative estimate of drug-likeness (QED) is 0.781. The lowest BCUT2D eigenvalue weighted by Crippen LogP contribution is -2.17. The van der Waals surface area contributed by atoms with E-state index < -0.39 is 0 Å². The highest BCUT2D eigenvalue weighted by Gasteiger charge is 2.07. The second-order valence-corrected chi connectivity index (χ2v) is 7.23. The highest BCUT2D eigenvalue weighted by molar-refractivity contribution is 7.98. The maximum absolute atomic E-state index is 4.60. The van der Waals surface area contributed by atoms with Crippen molar-refractivity contribution in [2.24, 2.45) is 0 Å². The van der Waals surface area contributed by atoms with Crippen LogP contribution in [0.5, 0.6) is 0 Å². The highest BCUT2D eigenvalue weighted by Crippen LogP contribution is 2.28. The number of benzene rings is 1. The van der Waals surface area contributed by atoms with Gasteiger partial charge in [-0.3, -0.25) is 0 Å². The first-order valence-electron chi connectivity index (χ1n) is 6.99. The predicted octanol–water partition coefficient (Wildman–Crippen LogP) is 4.72. The Kier molecular flexibility index (Phi) is 5.64. The number of hydrogen-bond acceptors (Lipinski definition) is 4. The van der Waals surface area contributed by atoms with Crippen LogP contribution in [0.15, 0.2) is 29.2 Å². The molecule has 0 amide bonds. The molecule has 0 aliphatic heterocycles. The Hall–Kier alpha value is -0.840. The summed E-state index contributed by atoms with van der Waals surface area (Å²) in [6.07, 6.45) is 0. The molecule has 2 aromatic rings. The summed E-state index contributed by atoms with van der Waals surface area (Å²) in [7, 11) is 0. The zero-order valence-electron chi connectivity index (χ0n) is 12.6. The van der Waals surface area contributed by atoms with E-state index in [9.17, 15) is 0 Å². The highest BCUT2D eigenvalue weighted by atomic mass is 32.2. The van der Waals surface area contributed by atoms with Gasteiger partial charge >= 0.3 is 0 Å². The van der Waals surface area contributed by atoms with Gasteiger partial charge in [-0.15, -0.1) is 23.1 Å². The van der Waals surface area contributed by atoms with E-state index in [1.807, 2.05) is 23.1 Å². The van der Waals surface area contributed by atoms with Gasteiger partial charge in [0.1, 0.15) is 5.01 Å². The van der Waals surface area contributed by atoms with Crippen LogP contribution in [0.1, 0.15) is 41.0 Å². The second kappa shape index (κ2) is 7.25. The maximum atomic E-state index is 4.60. The zero-order chi connectivity index (χ0) is 14.5. The summed E-state index contributed by atoms with van der Waals surface area (Å²) in [5.74, 6) is 0.957. The minimum Gasteiger partial charge on any atom is -0.310 e. The number of nitrogens with zero attached hydrogens (tertiary/aromatic N) is 1. The monoisotopic (exact) mass is 306 g/mol. The minimum atomic E-state index is 0.407. The third kappa shape index (κ3) is 4.08. The average molecular weight is 306 g/mol. The molecule has 108 valence electrons. The summed E-state index contributed by atoms with van der Waals surface area (Å²) >= 11 is 3.67. The van der Waals surface area contributed by atoms with E-state index in [-0.39, 0.29) is 0 Å². The molecule has 0 bridgehead atoms. The van der Waals surface area contributed by atoms with Gasteiger partial charge in [-0.25, -0.2) is 4.98 Å². The van der Waals surface area contributed by atoms with E-state index >= 15 is 0 Å². The molecule has 0 radical (unpaired) electrons. The summed E-state index contributed by atoms with van der Waals surface area (Å²) < 4.78 is 0. The van der Waals surface area contributed by atoms with Crippen LogP contribution in [0, 0.1) is 13.8 Å². The van der Waals surface area contributed by atoms with Crippen molar-refractivity contribution < 1.29 is 0 Å². The number of aromatic nitrogens is 1. The Morgan fingerprint density at radius 3 is 2.80 bits per heavy atom. The molecule has 20 heavy (non-hydrogen) atoms. The van der Waals surface area contributed by atoms with Gasteiger partial charge in [0.05, 0.1) is 11.4 Å². The van der Waals surface area contributed by atoms with Crippen molar-refractivity contribution in [2.45, 2.75) is 44.4 Å². The molecule has 1 N–H and O–H groups in total. The first-order valence-corrected chi connectivity index (χ1v) is 8.79. The van der Waals surface area contributed by atoms with Gasteiger partial charge in [-0.1, -0.05) is 19.1 Å². The molecule has 2 rings (SSSR count). The van der Waals surface area contributed by atoms with Crippen molar-refractivity contribution in [1.29, 1.82) is 0 Å². The second-order valence-electron chi connectivity index (χ2n) is 4.89. The van der Waals surface area contributed by atoms with Gasteiger partial charge in [0.25, 0.3) is 0 Å². The zero-order valence-corrected chi connectivity index (χ0v) is 14.2. The fraction of sp³-hybridized carbons (Fsp3) is 0.438. The SMILES string of the molecule is CCNC(C)c1cccc(SCc2nc(C)c(C)s2)c1. The Bertz CT molecular complexity index is 544. The summed E-state index contributed by atoms with van der Waals surface area (Å²) in [6, 6.07) is 9.20. The van der Waals surface area contributed by atoms with Crippen LogP contribution in [0.2, 0.25) is 0 Å². The lowest BCUT2D eigenvalue weighted by Gasteiger charge is -2.13. The fourth-order valence-corrected chi connectivity index (χ4v) is 3.93. The summed E-state index contributed by atoms with van der Waals surface area (Å²) in [5, 5.41) is 4.67. The molecule has 0 aliphatic carbocycles. The van der Waals surface area contributed by atoms with Gasteiger partial charge in [-0.05, 0) is 45.0 Å². The van der Waals surface area contributed by atoms with Crippen LogP contribution in [-0.2, 0) is 5.75 Å². The van der Waals surface area contributed by atoms with Crippen LogP contribution < -0.4 is 5.32 Å². The van der Waals surface area contributed by atoms with Crippen LogP contribution in [0.3, 0.4) is 0 Å². The van der Waals surface area contributed by atoms with Crippen molar-refractivity contribution in [2.75, 3.05) is 6.54 Å². The van der Waals surface area contributed by atoms with Gasteiger partial charge < -0.3 is 5.32 Å². The molecule has 1 heterocycles. The van der Waals surface area contributed by atoms with E-state index in [0.717, 1.165) is 12.3 Å². The molecular weight excluding hydrogens is 284 g/mol. The van der Waals surface area contributed by atoms with Crippen molar-refractivity contribution in [1.82, 2.24) is 10.3 Å². The van der Waals surface area contributed by atoms with Crippen molar-refractivity contribution in [3.05, 3.63) is 45.4 Å². The van der Waals surface area contributed by atoms with Gasteiger partial charge in [0, 0.05) is 15.8 Å². The van der Waals surface area contributed by atoms with Crippen LogP contribution in [0.25, 0.3) is 0 Å². The number of hydrogen-bond donors (Lipinski definition) is 1. The third-order valence-electron chi connectivity index (χ3n) is 3.30. The molecule has 1 aromatic carbocycles. The number of thioether (sulfide) groups is 1. The summed E-state index contributed by atoms with van der Waals surface area (Å²) in [6.45, 7) is 9.57. The van der Waals surface area contributed by atoms with E-state index in [4.69, 9.17) is 0 Å². The van der Waals surface area contributed by atoms with E-state index in [0.29, 0.717) is 6.04 Å². The molecule has 0 aliphatic rings. The van der Waals surface area contributed by atoms with E-state index in [1.54, 1.807) is 0 Å². The predicted molar refractivity (Wildman–Crippen MR) is 89.7 cm³/mol. The molecule has 4 heteroatoms. The number of nitrogens with one attached hydrogen (secondary N) is 1. The lowest BCUT2D eigenvalue weighted by molar-refractivity contribution is 0.597. The van der Waals surface area contributed by atoms with Crippen molar-refractivity contribution in [3.63, 3.8) is 0 Å². The molecule has 0 spiro atoms. The fourth-order valence-electron chi connectivity index (χ4n) is 2.04. The lowest BCUT2D eigenvalue weighted by atomic mass is 10.1. The molecule has 0 saturated carbocycles. The maximum Gasteiger partial charge on any atom is 0.103 e. The molecule has 1 atom stereocenters. The Morgan fingerprint density at radius 2 is 2.15 bits per heavy atom. The topological polar surface area (TPSA) is 24.9 Å². The normalized spacial score (nSPS) is 12.6. The average Bonchev–Trinajstić information content (AvgIpc) is 2.76. The first kappa shape index (κ1) is 15.5. The number of aryl methyl sites for hydroxylation is 2. The smallest absolute Gasteiger partial charge is 0.103 e. The van der Waals surface area contributed by atoms with Crippen molar-refractivity contribution in [3.8, 4) is 0 Å². The molecule has 1 unspecified atom stereocenters. The van der Waals surface area contributed by atoms with E-state index in [2.05, 4.69) is 62.3 Å². The van der Waals surface area contributed by atoms with Gasteiger partial charge in [-0.2, -0.15) is 0 Å². The Balaban J connectivity index is 2.01. The van der Waals surface area contributed by atoms with E-state index in [1.165, 1.54) is 26.0 Å². The Morgan fingerprint density at radius 1 is 1.35 bits per heavy atom. The number of rotatable bonds is 6. The summed E-state index contributed by atoms with van der Waals surface area (Å²) in [4.78, 5) is 7.24. The summed E-state index contributed by atoms with van der Waals surface area (Å²) in [5.41, 5.74) is 2.52. The van der Waals surface area contributed by atoms with Gasteiger partial charge in [0.15, 0.2) is 0 Å². The van der Waals surface area contributed by atoms with Crippen molar-refractivity contribution >= 4 is 23.1 Å². The molecule has 0 fully saturated rings. The molecule has 1 aromatic heterocycles. The van der Waals surface area contributed by atoms with Crippen LogP contribution in [0.4, 0.5) is 0 Å². The Labute approximate surface area is 130 Å².